The average molecular weight is 325 g/mol. The molecule has 21 heavy (non-hydrogen) atoms. The number of rotatable bonds is 3. The van der Waals surface area contributed by atoms with Gasteiger partial charge in [-0.2, -0.15) is 19.6 Å². The van der Waals surface area contributed by atoms with E-state index in [1.165, 1.54) is 29.0 Å². The largest absolute Gasteiger partial charge is 0.439 e. The number of benzene rings is 1. The molecule has 0 aliphatic carbocycles. The smallest absolute Gasteiger partial charge is 0.256 e. The van der Waals surface area contributed by atoms with Gasteiger partial charge in [0.15, 0.2) is 9.84 Å². The SMILES string of the molecule is CS(=O)(=O)c1ccc(Oc2cc(Cl)nc3ncnn23)cc1. The maximum absolute atomic E-state index is 11.4. The third kappa shape index (κ3) is 2.81. The third-order valence-corrected chi connectivity index (χ3v) is 3.98. The minimum absolute atomic E-state index is 0.216. The molecule has 3 aromatic rings. The molecule has 0 N–H and O–H groups in total. The molecule has 0 aliphatic rings. The molecule has 1 aromatic carbocycles. The monoisotopic (exact) mass is 324 g/mol. The Hall–Kier alpha value is -2.19. The van der Waals surface area contributed by atoms with Crippen LogP contribution in [0.5, 0.6) is 11.6 Å². The molecular formula is C12H9ClN4O3S. The van der Waals surface area contributed by atoms with E-state index in [-0.39, 0.29) is 10.0 Å². The molecule has 0 aliphatic heterocycles. The number of hydrogen-bond donors (Lipinski definition) is 0. The number of ether oxygens (including phenoxy) is 1. The molecule has 0 saturated carbocycles. The van der Waals surface area contributed by atoms with E-state index in [9.17, 15) is 8.42 Å². The minimum Gasteiger partial charge on any atom is -0.439 e. The van der Waals surface area contributed by atoms with Crippen molar-refractivity contribution >= 4 is 27.2 Å². The Balaban J connectivity index is 1.97. The molecule has 0 fully saturated rings. The summed E-state index contributed by atoms with van der Waals surface area (Å²) in [5.74, 6) is 1.08. The van der Waals surface area contributed by atoms with Crippen molar-refractivity contribution in [3.05, 3.63) is 41.8 Å². The summed E-state index contributed by atoms with van der Waals surface area (Å²) >= 11 is 5.88. The summed E-state index contributed by atoms with van der Waals surface area (Å²) in [5.41, 5.74) is 0. The fourth-order valence-electron chi connectivity index (χ4n) is 1.71. The van der Waals surface area contributed by atoms with E-state index >= 15 is 0 Å². The quantitative estimate of drug-likeness (QED) is 0.685. The topological polar surface area (TPSA) is 86.5 Å². The van der Waals surface area contributed by atoms with Gasteiger partial charge in [-0.15, -0.1) is 0 Å². The van der Waals surface area contributed by atoms with Crippen molar-refractivity contribution in [3.8, 4) is 11.6 Å². The lowest BCUT2D eigenvalue weighted by atomic mass is 10.3. The molecule has 0 radical (unpaired) electrons. The summed E-state index contributed by atoms with van der Waals surface area (Å²) in [5, 5.41) is 4.20. The van der Waals surface area contributed by atoms with E-state index in [2.05, 4.69) is 15.1 Å². The predicted molar refractivity (Wildman–Crippen MR) is 75.4 cm³/mol. The standard InChI is InChI=1S/C12H9ClN4O3S/c1-21(18,19)9-4-2-8(3-5-9)20-11-6-10(13)16-12-14-7-15-17(11)12/h2-7H,1H3. The number of halogens is 1. The molecule has 2 aromatic heterocycles. The van der Waals surface area contributed by atoms with Crippen LogP contribution in [0.2, 0.25) is 5.15 Å². The van der Waals surface area contributed by atoms with Crippen LogP contribution in [0, 0.1) is 0 Å². The van der Waals surface area contributed by atoms with Crippen molar-refractivity contribution in [1.82, 2.24) is 19.6 Å². The van der Waals surface area contributed by atoms with Gasteiger partial charge in [-0.05, 0) is 24.3 Å². The lowest BCUT2D eigenvalue weighted by Crippen LogP contribution is -1.99. The van der Waals surface area contributed by atoms with Crippen molar-refractivity contribution in [2.24, 2.45) is 0 Å². The normalized spacial score (nSPS) is 11.7. The number of hydrogen-bond acceptors (Lipinski definition) is 6. The Kier molecular flexibility index (Phi) is 3.26. The van der Waals surface area contributed by atoms with Gasteiger partial charge in [0, 0.05) is 12.3 Å². The maximum atomic E-state index is 11.4. The lowest BCUT2D eigenvalue weighted by molar-refractivity contribution is 0.445. The van der Waals surface area contributed by atoms with Crippen LogP contribution < -0.4 is 4.74 Å². The molecule has 2 heterocycles. The van der Waals surface area contributed by atoms with Gasteiger partial charge in [0.1, 0.15) is 17.2 Å². The molecule has 0 unspecified atom stereocenters. The number of nitrogens with zero attached hydrogens (tertiary/aromatic N) is 4. The second kappa shape index (κ2) is 4.97. The van der Waals surface area contributed by atoms with E-state index in [0.717, 1.165) is 6.26 Å². The molecule has 0 saturated heterocycles. The van der Waals surface area contributed by atoms with Gasteiger partial charge in [-0.1, -0.05) is 11.6 Å². The van der Waals surface area contributed by atoms with Crippen LogP contribution in [0.4, 0.5) is 0 Å². The number of aromatic nitrogens is 4. The molecule has 7 nitrogen and oxygen atoms in total. The molecule has 0 bridgehead atoms. The summed E-state index contributed by atoms with van der Waals surface area (Å²) in [6.07, 6.45) is 2.47. The predicted octanol–water partition coefficient (Wildman–Crippen LogP) is 1.97. The Morgan fingerprint density at radius 1 is 1.24 bits per heavy atom. The van der Waals surface area contributed by atoms with Gasteiger partial charge in [0.2, 0.25) is 5.88 Å². The van der Waals surface area contributed by atoms with Crippen LogP contribution in [0.25, 0.3) is 5.78 Å². The van der Waals surface area contributed by atoms with Crippen molar-refractivity contribution in [3.63, 3.8) is 0 Å². The third-order valence-electron chi connectivity index (χ3n) is 2.66. The molecule has 0 spiro atoms. The fraction of sp³-hybridized carbons (Fsp3) is 0.0833. The summed E-state index contributed by atoms with van der Waals surface area (Å²) < 4.78 is 29.8. The molecule has 108 valence electrons. The first kappa shape index (κ1) is 13.8. The highest BCUT2D eigenvalue weighted by Gasteiger charge is 2.10. The second-order valence-electron chi connectivity index (χ2n) is 4.23. The Morgan fingerprint density at radius 2 is 1.95 bits per heavy atom. The summed E-state index contributed by atoms with van der Waals surface area (Å²) in [6.45, 7) is 0. The summed E-state index contributed by atoms with van der Waals surface area (Å²) in [7, 11) is -3.24. The van der Waals surface area contributed by atoms with Gasteiger partial charge < -0.3 is 4.74 Å². The number of fused-ring (bicyclic) bond motifs is 1. The van der Waals surface area contributed by atoms with E-state index in [0.29, 0.717) is 17.4 Å². The highest BCUT2D eigenvalue weighted by molar-refractivity contribution is 7.90. The van der Waals surface area contributed by atoms with Crippen molar-refractivity contribution in [1.29, 1.82) is 0 Å². The Bertz CT molecular complexity index is 906. The van der Waals surface area contributed by atoms with Crippen LogP contribution >= 0.6 is 11.6 Å². The van der Waals surface area contributed by atoms with Gasteiger partial charge >= 0.3 is 0 Å². The highest BCUT2D eigenvalue weighted by Crippen LogP contribution is 2.24. The van der Waals surface area contributed by atoms with E-state index in [1.54, 1.807) is 12.1 Å². The number of sulfone groups is 1. The Labute approximate surface area is 125 Å². The fourth-order valence-corrected chi connectivity index (χ4v) is 2.51. The Morgan fingerprint density at radius 3 is 2.62 bits per heavy atom. The lowest BCUT2D eigenvalue weighted by Gasteiger charge is -2.07. The first-order valence-electron chi connectivity index (χ1n) is 5.78. The van der Waals surface area contributed by atoms with Crippen LogP contribution in [0.1, 0.15) is 0 Å². The molecule has 0 amide bonds. The van der Waals surface area contributed by atoms with Crippen LogP contribution in [-0.4, -0.2) is 34.3 Å². The first-order valence-corrected chi connectivity index (χ1v) is 8.05. The van der Waals surface area contributed by atoms with Crippen molar-refractivity contribution < 1.29 is 13.2 Å². The van der Waals surface area contributed by atoms with Gasteiger partial charge in [-0.25, -0.2) is 8.42 Å². The zero-order valence-electron chi connectivity index (χ0n) is 10.8. The molecule has 9 heteroatoms. The van der Waals surface area contributed by atoms with Crippen molar-refractivity contribution in [2.75, 3.05) is 6.26 Å². The minimum atomic E-state index is -3.24. The molecular weight excluding hydrogens is 316 g/mol. The van der Waals surface area contributed by atoms with Gasteiger partial charge in [0.05, 0.1) is 4.90 Å². The zero-order valence-corrected chi connectivity index (χ0v) is 12.3. The van der Waals surface area contributed by atoms with Gasteiger partial charge in [-0.3, -0.25) is 0 Å². The van der Waals surface area contributed by atoms with E-state index < -0.39 is 9.84 Å². The van der Waals surface area contributed by atoms with Gasteiger partial charge in [0.25, 0.3) is 5.78 Å². The maximum Gasteiger partial charge on any atom is 0.256 e. The van der Waals surface area contributed by atoms with E-state index in [1.807, 2.05) is 0 Å². The van der Waals surface area contributed by atoms with E-state index in [4.69, 9.17) is 16.3 Å². The summed E-state index contributed by atoms with van der Waals surface area (Å²) in [4.78, 5) is 8.12. The summed E-state index contributed by atoms with van der Waals surface area (Å²) in [6, 6.07) is 7.52. The first-order chi connectivity index (χ1) is 9.93. The molecule has 0 atom stereocenters. The van der Waals surface area contributed by atoms with Crippen molar-refractivity contribution in [2.45, 2.75) is 4.90 Å². The van der Waals surface area contributed by atoms with Crippen LogP contribution in [-0.2, 0) is 9.84 Å². The zero-order chi connectivity index (χ0) is 15.0. The average Bonchev–Trinajstić information content (AvgIpc) is 2.86. The highest BCUT2D eigenvalue weighted by atomic mass is 35.5. The van der Waals surface area contributed by atoms with Crippen LogP contribution in [0.3, 0.4) is 0 Å². The molecule has 3 rings (SSSR count). The second-order valence-corrected chi connectivity index (χ2v) is 6.64. The van der Waals surface area contributed by atoms with Crippen LogP contribution in [0.15, 0.2) is 41.6 Å².